The van der Waals surface area contributed by atoms with E-state index in [0.29, 0.717) is 22.2 Å². The van der Waals surface area contributed by atoms with Gasteiger partial charge in [-0.2, -0.15) is 5.10 Å². The van der Waals surface area contributed by atoms with Gasteiger partial charge in [-0.3, -0.25) is 15.2 Å². The molecule has 1 unspecified atom stereocenters. The van der Waals surface area contributed by atoms with Crippen LogP contribution >= 0.6 is 39.1 Å². The van der Waals surface area contributed by atoms with Crippen LogP contribution in [0.15, 0.2) is 52.0 Å². The molecule has 1 saturated heterocycles. The van der Waals surface area contributed by atoms with Gasteiger partial charge in [-0.25, -0.2) is 5.01 Å². The van der Waals surface area contributed by atoms with Gasteiger partial charge < -0.3 is 0 Å². The van der Waals surface area contributed by atoms with Crippen molar-refractivity contribution in [1.82, 2.24) is 10.4 Å². The summed E-state index contributed by atoms with van der Waals surface area (Å²) >= 11 is 16.0. The highest BCUT2D eigenvalue weighted by Gasteiger charge is 2.34. The van der Waals surface area contributed by atoms with E-state index in [-0.39, 0.29) is 11.9 Å². The quantitative estimate of drug-likeness (QED) is 0.602. The number of hydrogen-bond acceptors (Lipinski definition) is 4. The Morgan fingerprint density at radius 3 is 2.48 bits per heavy atom. The van der Waals surface area contributed by atoms with Crippen LogP contribution < -0.4 is 10.4 Å². The van der Waals surface area contributed by atoms with Crippen molar-refractivity contribution in [2.75, 3.05) is 18.1 Å². The smallest absolute Gasteiger partial charge is 0.281 e. The lowest BCUT2D eigenvalue weighted by molar-refractivity contribution is -0.119. The zero-order valence-corrected chi connectivity index (χ0v) is 18.8. The average Bonchev–Trinajstić information content (AvgIpc) is 3.14. The van der Waals surface area contributed by atoms with Crippen LogP contribution in [0.4, 0.5) is 5.69 Å². The van der Waals surface area contributed by atoms with Gasteiger partial charge in [0.15, 0.2) is 0 Å². The molecule has 0 saturated carbocycles. The van der Waals surface area contributed by atoms with Crippen molar-refractivity contribution < 1.29 is 4.79 Å². The Hall–Kier alpha value is -1.60. The maximum absolute atomic E-state index is 12.9. The van der Waals surface area contributed by atoms with Gasteiger partial charge >= 0.3 is 0 Å². The highest BCUT2D eigenvalue weighted by molar-refractivity contribution is 9.10. The molecule has 152 valence electrons. The molecule has 0 aliphatic carbocycles. The Morgan fingerprint density at radius 2 is 1.79 bits per heavy atom. The molecule has 1 fully saturated rings. The second-order valence-electron chi connectivity index (χ2n) is 7.25. The fourth-order valence-corrected chi connectivity index (χ4v) is 4.45. The van der Waals surface area contributed by atoms with Crippen molar-refractivity contribution >= 4 is 56.4 Å². The number of anilines is 1. The third-order valence-corrected chi connectivity index (χ3v) is 6.27. The van der Waals surface area contributed by atoms with Crippen molar-refractivity contribution in [2.24, 2.45) is 5.10 Å². The fourth-order valence-electron chi connectivity index (χ4n) is 3.69. The summed E-state index contributed by atoms with van der Waals surface area (Å²) in [4.78, 5) is 12.9. The molecular formula is C21H21BrCl2N4O. The molecule has 1 amide bonds. The molecule has 1 N–H and O–H groups in total. The van der Waals surface area contributed by atoms with Crippen LogP contribution in [-0.2, 0) is 4.79 Å². The number of amides is 1. The zero-order valence-electron chi connectivity index (χ0n) is 15.7. The van der Waals surface area contributed by atoms with E-state index in [9.17, 15) is 4.79 Å². The van der Waals surface area contributed by atoms with E-state index in [2.05, 4.69) is 26.5 Å². The number of carbonyl (C=O) groups excluding carboxylic acids is 1. The SMILES string of the molecule is O=C(NN1CCCCC1)C1=NN(c2ccc(Cl)cc2Cl)C(c2ccc(Br)cc2)C1. The summed E-state index contributed by atoms with van der Waals surface area (Å²) in [5.74, 6) is -0.151. The Bertz CT molecular complexity index is 929. The highest BCUT2D eigenvalue weighted by atomic mass is 79.9. The number of benzene rings is 2. The van der Waals surface area contributed by atoms with Crippen LogP contribution in [0.25, 0.3) is 0 Å². The maximum Gasteiger partial charge on any atom is 0.281 e. The first-order chi connectivity index (χ1) is 14.0. The van der Waals surface area contributed by atoms with Crippen molar-refractivity contribution in [1.29, 1.82) is 0 Å². The van der Waals surface area contributed by atoms with Crippen LogP contribution in [0.1, 0.15) is 37.3 Å². The first-order valence-electron chi connectivity index (χ1n) is 9.64. The first kappa shape index (κ1) is 20.7. The molecule has 5 nitrogen and oxygen atoms in total. The number of hydrazone groups is 1. The predicted octanol–water partition coefficient (Wildman–Crippen LogP) is 5.58. The number of nitrogens with one attached hydrogen (secondary N) is 1. The molecule has 2 aromatic carbocycles. The van der Waals surface area contributed by atoms with Crippen LogP contribution in [-0.4, -0.2) is 29.7 Å². The highest BCUT2D eigenvalue weighted by Crippen LogP contribution is 2.39. The molecule has 0 radical (unpaired) electrons. The summed E-state index contributed by atoms with van der Waals surface area (Å²) in [5, 5.41) is 9.54. The molecule has 29 heavy (non-hydrogen) atoms. The lowest BCUT2D eigenvalue weighted by atomic mass is 10.0. The Balaban J connectivity index is 1.62. The second kappa shape index (κ2) is 9.04. The van der Waals surface area contributed by atoms with Gasteiger partial charge in [0, 0.05) is 29.0 Å². The number of piperidine rings is 1. The molecule has 1 atom stereocenters. The first-order valence-corrected chi connectivity index (χ1v) is 11.2. The Labute approximate surface area is 188 Å². The lowest BCUT2D eigenvalue weighted by Gasteiger charge is -2.26. The van der Waals surface area contributed by atoms with E-state index in [1.165, 1.54) is 6.42 Å². The number of nitrogens with zero attached hydrogens (tertiary/aromatic N) is 3. The van der Waals surface area contributed by atoms with Crippen molar-refractivity contribution in [2.45, 2.75) is 31.7 Å². The summed E-state index contributed by atoms with van der Waals surface area (Å²) < 4.78 is 0.999. The molecule has 2 heterocycles. The molecule has 8 heteroatoms. The van der Waals surface area contributed by atoms with Gasteiger partial charge in [0.1, 0.15) is 5.71 Å². The number of hydrazine groups is 1. The monoisotopic (exact) mass is 494 g/mol. The van der Waals surface area contributed by atoms with Gasteiger partial charge in [0.2, 0.25) is 0 Å². The third kappa shape index (κ3) is 4.77. The summed E-state index contributed by atoms with van der Waals surface area (Å²) in [6.45, 7) is 1.75. The second-order valence-corrected chi connectivity index (χ2v) is 9.01. The molecule has 0 aromatic heterocycles. The number of carbonyl (C=O) groups is 1. The number of rotatable bonds is 4. The van der Waals surface area contributed by atoms with E-state index in [1.54, 1.807) is 12.1 Å². The molecular weight excluding hydrogens is 475 g/mol. The standard InChI is InChI=1S/C21H21BrCl2N4O/c22-15-6-4-14(5-7-15)20-13-18(21(29)26-27-10-2-1-3-11-27)25-28(20)19-9-8-16(23)12-17(19)24/h4-9,12,20H,1-3,10-11,13H2,(H,26,29). The topological polar surface area (TPSA) is 47.9 Å². The minimum Gasteiger partial charge on any atom is -0.284 e. The number of halogens is 3. The fraction of sp³-hybridized carbons (Fsp3) is 0.333. The van der Waals surface area contributed by atoms with Crippen molar-refractivity contribution in [3.63, 3.8) is 0 Å². The minimum absolute atomic E-state index is 0.121. The Morgan fingerprint density at radius 1 is 1.07 bits per heavy atom. The van der Waals surface area contributed by atoms with Crippen molar-refractivity contribution in [3.05, 3.63) is 62.5 Å². The molecule has 2 aliphatic heterocycles. The minimum atomic E-state index is -0.151. The largest absolute Gasteiger partial charge is 0.284 e. The van der Waals surface area contributed by atoms with E-state index in [4.69, 9.17) is 23.2 Å². The molecule has 0 bridgehead atoms. The molecule has 2 aliphatic rings. The summed E-state index contributed by atoms with van der Waals surface area (Å²) in [5.41, 5.74) is 5.29. The zero-order chi connectivity index (χ0) is 20.4. The van der Waals surface area contributed by atoms with Crippen LogP contribution in [0.5, 0.6) is 0 Å². The van der Waals surface area contributed by atoms with Gasteiger partial charge in [-0.15, -0.1) is 0 Å². The lowest BCUT2D eigenvalue weighted by Crippen LogP contribution is -2.47. The van der Waals surface area contributed by atoms with Crippen LogP contribution in [0.3, 0.4) is 0 Å². The molecule has 2 aromatic rings. The van der Waals surface area contributed by atoms with Gasteiger partial charge in [0.05, 0.1) is 16.8 Å². The number of hydrogen-bond donors (Lipinski definition) is 1. The normalized spacial score (nSPS) is 19.9. The van der Waals surface area contributed by atoms with Gasteiger partial charge in [0.25, 0.3) is 5.91 Å². The van der Waals surface area contributed by atoms with Gasteiger partial charge in [-0.05, 0) is 48.7 Å². The van der Waals surface area contributed by atoms with E-state index in [0.717, 1.165) is 41.7 Å². The third-order valence-electron chi connectivity index (χ3n) is 5.20. The van der Waals surface area contributed by atoms with E-state index >= 15 is 0 Å². The van der Waals surface area contributed by atoms with Crippen molar-refractivity contribution in [3.8, 4) is 0 Å². The van der Waals surface area contributed by atoms with E-state index in [1.807, 2.05) is 40.3 Å². The van der Waals surface area contributed by atoms with Crippen LogP contribution in [0.2, 0.25) is 10.0 Å². The summed E-state index contributed by atoms with van der Waals surface area (Å²) in [7, 11) is 0. The molecule has 0 spiro atoms. The van der Waals surface area contributed by atoms with Gasteiger partial charge in [-0.1, -0.05) is 57.7 Å². The van der Waals surface area contributed by atoms with E-state index < -0.39 is 0 Å². The maximum atomic E-state index is 12.9. The summed E-state index contributed by atoms with van der Waals surface area (Å²) in [6, 6.07) is 13.2. The summed E-state index contributed by atoms with van der Waals surface area (Å²) in [6.07, 6.45) is 3.91. The average molecular weight is 496 g/mol. The predicted molar refractivity (Wildman–Crippen MR) is 121 cm³/mol. The Kier molecular flexibility index (Phi) is 6.44. The molecule has 4 rings (SSSR count). The van der Waals surface area contributed by atoms with Crippen LogP contribution in [0, 0.1) is 0 Å².